The van der Waals surface area contributed by atoms with Gasteiger partial charge in [0.1, 0.15) is 12.4 Å². The Morgan fingerprint density at radius 1 is 1.43 bits per heavy atom. The van der Waals surface area contributed by atoms with Gasteiger partial charge in [0.05, 0.1) is 16.8 Å². The molecule has 114 valence electrons. The van der Waals surface area contributed by atoms with Crippen LogP contribution < -0.4 is 11.1 Å². The third-order valence-corrected chi connectivity index (χ3v) is 3.60. The van der Waals surface area contributed by atoms with Crippen molar-refractivity contribution in [1.82, 2.24) is 14.9 Å². The molecule has 0 atom stereocenters. The van der Waals surface area contributed by atoms with E-state index in [4.69, 9.17) is 5.73 Å². The van der Waals surface area contributed by atoms with Crippen LogP contribution in [-0.4, -0.2) is 33.8 Å². The molecule has 0 aliphatic heterocycles. The van der Waals surface area contributed by atoms with Crippen LogP contribution in [0.15, 0.2) is 24.3 Å². The molecule has 0 saturated heterocycles. The fourth-order valence-corrected chi connectivity index (χ4v) is 2.55. The number of hydrogen-bond donors (Lipinski definition) is 2. The summed E-state index contributed by atoms with van der Waals surface area (Å²) in [5.74, 6) is 1.66. The molecule has 2 aromatic rings. The van der Waals surface area contributed by atoms with Crippen LogP contribution in [0, 0.1) is 0 Å². The zero-order chi connectivity index (χ0) is 15.5. The zero-order valence-electron chi connectivity index (χ0n) is 12.7. The quantitative estimate of drug-likeness (QED) is 0.853. The summed E-state index contributed by atoms with van der Waals surface area (Å²) in [5, 5.41) is 2.88. The SMILES string of the molecule is CSCc1nc2ccccc2n1CC(=O)NCC(C)(C)N. The first-order valence-corrected chi connectivity index (χ1v) is 8.29. The molecule has 21 heavy (non-hydrogen) atoms. The van der Waals surface area contributed by atoms with Gasteiger partial charge in [-0.3, -0.25) is 4.79 Å². The molecule has 0 saturated carbocycles. The van der Waals surface area contributed by atoms with Crippen LogP contribution in [0.25, 0.3) is 11.0 Å². The van der Waals surface area contributed by atoms with Gasteiger partial charge in [0.25, 0.3) is 0 Å². The highest BCUT2D eigenvalue weighted by molar-refractivity contribution is 7.97. The molecule has 1 heterocycles. The van der Waals surface area contributed by atoms with Crippen LogP contribution in [0.1, 0.15) is 19.7 Å². The van der Waals surface area contributed by atoms with Crippen LogP contribution in [0.3, 0.4) is 0 Å². The van der Waals surface area contributed by atoms with E-state index >= 15 is 0 Å². The minimum atomic E-state index is -0.408. The van der Waals surface area contributed by atoms with Gasteiger partial charge >= 0.3 is 0 Å². The fourth-order valence-electron chi connectivity index (χ4n) is 2.07. The van der Waals surface area contributed by atoms with Crippen molar-refractivity contribution < 1.29 is 4.79 Å². The van der Waals surface area contributed by atoms with E-state index < -0.39 is 5.54 Å². The minimum absolute atomic E-state index is 0.0426. The number of thioether (sulfide) groups is 1. The number of imidazole rings is 1. The Morgan fingerprint density at radius 3 is 2.81 bits per heavy atom. The van der Waals surface area contributed by atoms with Gasteiger partial charge in [-0.05, 0) is 32.2 Å². The highest BCUT2D eigenvalue weighted by Gasteiger charge is 2.15. The Hall–Kier alpha value is -1.53. The van der Waals surface area contributed by atoms with E-state index in [1.165, 1.54) is 0 Å². The molecule has 0 spiro atoms. The first-order chi connectivity index (χ1) is 9.90. The standard InChI is InChI=1S/C15H22N4OS/c1-15(2,16)10-17-14(20)8-19-12-7-5-4-6-11(12)18-13(19)9-21-3/h4-7H,8-10,16H2,1-3H3,(H,17,20). The van der Waals surface area contributed by atoms with E-state index in [0.29, 0.717) is 6.54 Å². The summed E-state index contributed by atoms with van der Waals surface area (Å²) in [6.07, 6.45) is 2.03. The molecule has 2 rings (SSSR count). The molecule has 6 heteroatoms. The van der Waals surface area contributed by atoms with Gasteiger partial charge < -0.3 is 15.6 Å². The van der Waals surface area contributed by atoms with Gasteiger partial charge in [-0.1, -0.05) is 12.1 Å². The number of amides is 1. The second kappa shape index (κ2) is 6.49. The highest BCUT2D eigenvalue weighted by Crippen LogP contribution is 2.18. The lowest BCUT2D eigenvalue weighted by Crippen LogP contribution is -2.45. The number of fused-ring (bicyclic) bond motifs is 1. The normalized spacial score (nSPS) is 11.8. The number of nitrogens with zero attached hydrogens (tertiary/aromatic N) is 2. The number of nitrogens with one attached hydrogen (secondary N) is 1. The second-order valence-corrected chi connectivity index (χ2v) is 6.67. The maximum atomic E-state index is 12.1. The summed E-state index contributed by atoms with van der Waals surface area (Å²) in [6, 6.07) is 7.88. The summed E-state index contributed by atoms with van der Waals surface area (Å²) in [4.78, 5) is 16.7. The van der Waals surface area contributed by atoms with Crippen molar-refractivity contribution in [3.05, 3.63) is 30.1 Å². The van der Waals surface area contributed by atoms with E-state index in [1.807, 2.05) is 48.9 Å². The van der Waals surface area contributed by atoms with Crippen LogP contribution in [0.5, 0.6) is 0 Å². The number of para-hydroxylation sites is 2. The van der Waals surface area contributed by atoms with Crippen molar-refractivity contribution in [3.63, 3.8) is 0 Å². The summed E-state index contributed by atoms with van der Waals surface area (Å²) in [5.41, 5.74) is 7.39. The maximum Gasteiger partial charge on any atom is 0.240 e. The highest BCUT2D eigenvalue weighted by atomic mass is 32.2. The van der Waals surface area contributed by atoms with Gasteiger partial charge in [0.15, 0.2) is 0 Å². The number of carbonyl (C=O) groups excluding carboxylic acids is 1. The second-order valence-electron chi connectivity index (χ2n) is 5.80. The molecule has 0 aliphatic rings. The molecule has 0 aliphatic carbocycles. The lowest BCUT2D eigenvalue weighted by atomic mass is 10.1. The summed E-state index contributed by atoms with van der Waals surface area (Å²) in [6.45, 7) is 4.50. The molecule has 3 N–H and O–H groups in total. The molecule has 1 amide bonds. The van der Waals surface area contributed by atoms with Gasteiger partial charge in [-0.25, -0.2) is 4.98 Å². The third kappa shape index (κ3) is 4.22. The van der Waals surface area contributed by atoms with Crippen molar-refractivity contribution >= 4 is 28.7 Å². The largest absolute Gasteiger partial charge is 0.353 e. The Labute approximate surface area is 129 Å². The molecule has 1 aromatic carbocycles. The molecular weight excluding hydrogens is 284 g/mol. The van der Waals surface area contributed by atoms with Crippen LogP contribution >= 0.6 is 11.8 Å². The Bertz CT molecular complexity index is 630. The number of benzene rings is 1. The number of nitrogens with two attached hydrogens (primary N) is 1. The van der Waals surface area contributed by atoms with Gasteiger partial charge in [-0.2, -0.15) is 11.8 Å². The predicted octanol–water partition coefficient (Wildman–Crippen LogP) is 1.75. The van der Waals surface area contributed by atoms with Gasteiger partial charge in [-0.15, -0.1) is 0 Å². The third-order valence-electron chi connectivity index (χ3n) is 3.05. The van der Waals surface area contributed by atoms with Gasteiger partial charge in [0, 0.05) is 12.1 Å². The van der Waals surface area contributed by atoms with Crippen molar-refractivity contribution in [2.24, 2.45) is 5.73 Å². The number of rotatable bonds is 6. The monoisotopic (exact) mass is 306 g/mol. The van der Waals surface area contributed by atoms with E-state index in [-0.39, 0.29) is 12.5 Å². The van der Waals surface area contributed by atoms with Crippen molar-refractivity contribution in [2.75, 3.05) is 12.8 Å². The molecule has 0 bridgehead atoms. The van der Waals surface area contributed by atoms with Gasteiger partial charge in [0.2, 0.25) is 5.91 Å². The summed E-state index contributed by atoms with van der Waals surface area (Å²) >= 11 is 1.69. The van der Waals surface area contributed by atoms with Crippen molar-refractivity contribution in [2.45, 2.75) is 31.7 Å². The fraction of sp³-hybridized carbons (Fsp3) is 0.467. The lowest BCUT2D eigenvalue weighted by Gasteiger charge is -2.19. The molecule has 0 unspecified atom stereocenters. The molecule has 5 nitrogen and oxygen atoms in total. The minimum Gasteiger partial charge on any atom is -0.353 e. The first-order valence-electron chi connectivity index (χ1n) is 6.89. The van der Waals surface area contributed by atoms with E-state index in [9.17, 15) is 4.79 Å². The van der Waals surface area contributed by atoms with E-state index in [2.05, 4.69) is 10.3 Å². The smallest absolute Gasteiger partial charge is 0.240 e. The number of hydrogen-bond acceptors (Lipinski definition) is 4. The first kappa shape index (κ1) is 15.9. The lowest BCUT2D eigenvalue weighted by molar-refractivity contribution is -0.121. The number of aromatic nitrogens is 2. The Morgan fingerprint density at radius 2 is 2.14 bits per heavy atom. The Balaban J connectivity index is 2.20. The van der Waals surface area contributed by atoms with E-state index in [1.54, 1.807) is 11.8 Å². The molecule has 0 radical (unpaired) electrons. The summed E-state index contributed by atoms with van der Waals surface area (Å²) in [7, 11) is 0. The Kier molecular flexibility index (Phi) is 4.90. The van der Waals surface area contributed by atoms with Crippen molar-refractivity contribution in [3.8, 4) is 0 Å². The van der Waals surface area contributed by atoms with Crippen LogP contribution in [-0.2, 0) is 17.1 Å². The maximum absolute atomic E-state index is 12.1. The van der Waals surface area contributed by atoms with E-state index in [0.717, 1.165) is 22.6 Å². The molecule has 0 fully saturated rings. The van der Waals surface area contributed by atoms with Crippen LogP contribution in [0.4, 0.5) is 0 Å². The van der Waals surface area contributed by atoms with Crippen molar-refractivity contribution in [1.29, 1.82) is 0 Å². The predicted molar refractivity (Wildman–Crippen MR) is 88.2 cm³/mol. The molecule has 1 aromatic heterocycles. The average molecular weight is 306 g/mol. The summed E-state index contributed by atoms with van der Waals surface area (Å²) < 4.78 is 1.98. The number of carbonyl (C=O) groups is 1. The van der Waals surface area contributed by atoms with Crippen LogP contribution in [0.2, 0.25) is 0 Å². The topological polar surface area (TPSA) is 72.9 Å². The zero-order valence-corrected chi connectivity index (χ0v) is 13.5. The molecular formula is C15H22N4OS. The average Bonchev–Trinajstić information content (AvgIpc) is 2.75.